The van der Waals surface area contributed by atoms with E-state index < -0.39 is 0 Å². The molecule has 0 bridgehead atoms. The molecule has 0 saturated heterocycles. The van der Waals surface area contributed by atoms with Gasteiger partial charge in [0.05, 0.1) is 5.56 Å². The van der Waals surface area contributed by atoms with E-state index in [1.165, 1.54) is 25.0 Å². The molecule has 1 aliphatic rings. The number of hydrogen-bond acceptors (Lipinski definition) is 4. The van der Waals surface area contributed by atoms with Gasteiger partial charge in [0.25, 0.3) is 5.89 Å². The van der Waals surface area contributed by atoms with Crippen molar-refractivity contribution >= 4 is 5.69 Å². The molecule has 4 nitrogen and oxygen atoms in total. The van der Waals surface area contributed by atoms with Crippen LogP contribution in [-0.4, -0.2) is 10.1 Å². The standard InChI is InChI=1S/C12H12FN3O/c13-8-3-4-9(10(14)6-8)12-15-11(16-17-12)5-7-1-2-7/h3-4,6-7H,1-2,5,14H2. The lowest BCUT2D eigenvalue weighted by Gasteiger charge is -1.99. The lowest BCUT2D eigenvalue weighted by Crippen LogP contribution is -1.92. The highest BCUT2D eigenvalue weighted by Gasteiger charge is 2.24. The van der Waals surface area contributed by atoms with Crippen molar-refractivity contribution in [1.82, 2.24) is 10.1 Å². The second kappa shape index (κ2) is 3.84. The Morgan fingerprint density at radius 3 is 2.94 bits per heavy atom. The van der Waals surface area contributed by atoms with Crippen LogP contribution in [-0.2, 0) is 6.42 Å². The van der Waals surface area contributed by atoms with Gasteiger partial charge in [-0.25, -0.2) is 4.39 Å². The number of benzene rings is 1. The summed E-state index contributed by atoms with van der Waals surface area (Å²) in [4.78, 5) is 4.27. The Morgan fingerprint density at radius 2 is 2.24 bits per heavy atom. The highest BCUT2D eigenvalue weighted by atomic mass is 19.1. The fraction of sp³-hybridized carbons (Fsp3) is 0.333. The minimum absolute atomic E-state index is 0.312. The number of nitrogens with two attached hydrogens (primary N) is 1. The van der Waals surface area contributed by atoms with Crippen LogP contribution in [0.25, 0.3) is 11.5 Å². The largest absolute Gasteiger partial charge is 0.398 e. The highest BCUT2D eigenvalue weighted by molar-refractivity contribution is 5.70. The number of anilines is 1. The number of nitrogens with zero attached hydrogens (tertiary/aromatic N) is 2. The zero-order valence-corrected chi connectivity index (χ0v) is 9.19. The predicted molar refractivity (Wildman–Crippen MR) is 60.5 cm³/mol. The summed E-state index contributed by atoms with van der Waals surface area (Å²) in [6.07, 6.45) is 3.33. The van der Waals surface area contributed by atoms with Crippen LogP contribution < -0.4 is 5.73 Å². The van der Waals surface area contributed by atoms with E-state index in [1.54, 1.807) is 6.07 Å². The van der Waals surface area contributed by atoms with Crippen LogP contribution in [0.3, 0.4) is 0 Å². The SMILES string of the molecule is Nc1cc(F)ccc1-c1nc(CC2CC2)no1. The maximum Gasteiger partial charge on any atom is 0.260 e. The Kier molecular flexibility index (Phi) is 2.31. The molecule has 1 saturated carbocycles. The second-order valence-corrected chi connectivity index (χ2v) is 4.39. The first-order chi connectivity index (χ1) is 8.22. The van der Waals surface area contributed by atoms with Crippen LogP contribution in [0.5, 0.6) is 0 Å². The monoisotopic (exact) mass is 233 g/mol. The maximum atomic E-state index is 12.9. The molecule has 88 valence electrons. The first-order valence-electron chi connectivity index (χ1n) is 5.60. The minimum Gasteiger partial charge on any atom is -0.398 e. The molecule has 1 heterocycles. The van der Waals surface area contributed by atoms with Crippen LogP contribution >= 0.6 is 0 Å². The zero-order valence-electron chi connectivity index (χ0n) is 9.19. The number of halogens is 1. The summed E-state index contributed by atoms with van der Waals surface area (Å²) in [5, 5.41) is 3.90. The zero-order chi connectivity index (χ0) is 11.8. The fourth-order valence-corrected chi connectivity index (χ4v) is 1.75. The van der Waals surface area contributed by atoms with Gasteiger partial charge in [0, 0.05) is 12.1 Å². The lowest BCUT2D eigenvalue weighted by atomic mass is 10.2. The van der Waals surface area contributed by atoms with E-state index in [-0.39, 0.29) is 5.82 Å². The van der Waals surface area contributed by atoms with Gasteiger partial charge in [-0.1, -0.05) is 5.16 Å². The second-order valence-electron chi connectivity index (χ2n) is 4.39. The van der Waals surface area contributed by atoms with Gasteiger partial charge >= 0.3 is 0 Å². The van der Waals surface area contributed by atoms with Gasteiger partial charge in [-0.2, -0.15) is 4.98 Å². The van der Waals surface area contributed by atoms with Gasteiger partial charge in [-0.15, -0.1) is 0 Å². The van der Waals surface area contributed by atoms with Crippen LogP contribution in [0.1, 0.15) is 18.7 Å². The Balaban J connectivity index is 1.89. The molecule has 17 heavy (non-hydrogen) atoms. The Bertz CT molecular complexity index is 548. The first-order valence-corrected chi connectivity index (χ1v) is 5.60. The highest BCUT2D eigenvalue weighted by Crippen LogP contribution is 2.32. The first kappa shape index (κ1) is 10.3. The average Bonchev–Trinajstić information content (AvgIpc) is 2.96. The van der Waals surface area contributed by atoms with Crippen molar-refractivity contribution in [1.29, 1.82) is 0 Å². The molecule has 3 rings (SSSR count). The molecule has 5 heteroatoms. The summed E-state index contributed by atoms with van der Waals surface area (Å²) in [5.41, 5.74) is 6.60. The number of hydrogen-bond donors (Lipinski definition) is 1. The predicted octanol–water partition coefficient (Wildman–Crippen LogP) is 2.41. The minimum atomic E-state index is -0.371. The van der Waals surface area contributed by atoms with Gasteiger partial charge in [0.1, 0.15) is 5.82 Å². The Hall–Kier alpha value is -1.91. The van der Waals surface area contributed by atoms with Crippen LogP contribution in [0, 0.1) is 11.7 Å². The molecule has 2 N–H and O–H groups in total. The maximum absolute atomic E-state index is 12.9. The van der Waals surface area contributed by atoms with E-state index in [1.807, 2.05) is 0 Å². The van der Waals surface area contributed by atoms with Gasteiger partial charge < -0.3 is 10.3 Å². The topological polar surface area (TPSA) is 64.9 Å². The summed E-state index contributed by atoms with van der Waals surface area (Å²) in [6.45, 7) is 0. The summed E-state index contributed by atoms with van der Waals surface area (Å²) >= 11 is 0. The summed E-state index contributed by atoms with van der Waals surface area (Å²) in [7, 11) is 0. The van der Waals surface area contributed by atoms with Crippen molar-refractivity contribution in [3.63, 3.8) is 0 Å². The molecule has 0 spiro atoms. The lowest BCUT2D eigenvalue weighted by molar-refractivity contribution is 0.421. The van der Waals surface area contributed by atoms with Crippen LogP contribution in [0.4, 0.5) is 10.1 Å². The molecule has 0 radical (unpaired) electrons. The summed E-state index contributed by atoms with van der Waals surface area (Å²) < 4.78 is 18.0. The number of rotatable bonds is 3. The van der Waals surface area contributed by atoms with Crippen LogP contribution in [0.15, 0.2) is 22.7 Å². The third kappa shape index (κ3) is 2.13. The molecule has 0 atom stereocenters. The molecular weight excluding hydrogens is 221 g/mol. The molecule has 1 aromatic carbocycles. The van der Waals surface area contributed by atoms with Crippen molar-refractivity contribution in [2.24, 2.45) is 5.92 Å². The van der Waals surface area contributed by atoms with E-state index >= 15 is 0 Å². The van der Waals surface area contributed by atoms with E-state index in [0.29, 0.717) is 28.9 Å². The van der Waals surface area contributed by atoms with Crippen molar-refractivity contribution in [2.75, 3.05) is 5.73 Å². The Morgan fingerprint density at radius 1 is 1.41 bits per heavy atom. The molecule has 1 fully saturated rings. The van der Waals surface area contributed by atoms with Crippen molar-refractivity contribution < 1.29 is 8.91 Å². The molecular formula is C12H12FN3O. The Labute approximate surface area is 97.6 Å². The molecule has 0 unspecified atom stereocenters. The van der Waals surface area contributed by atoms with Crippen molar-refractivity contribution in [3.8, 4) is 11.5 Å². The van der Waals surface area contributed by atoms with E-state index in [9.17, 15) is 4.39 Å². The molecule has 2 aromatic rings. The van der Waals surface area contributed by atoms with Gasteiger partial charge in [-0.05, 0) is 37.0 Å². The van der Waals surface area contributed by atoms with Crippen molar-refractivity contribution in [2.45, 2.75) is 19.3 Å². The van der Waals surface area contributed by atoms with E-state index in [4.69, 9.17) is 10.3 Å². The smallest absolute Gasteiger partial charge is 0.260 e. The summed E-state index contributed by atoms with van der Waals surface area (Å²) in [6, 6.07) is 4.13. The number of nitrogen functional groups attached to an aromatic ring is 1. The quantitative estimate of drug-likeness (QED) is 0.827. The third-order valence-corrected chi connectivity index (χ3v) is 2.88. The number of aromatic nitrogens is 2. The fourth-order valence-electron chi connectivity index (χ4n) is 1.75. The normalized spacial score (nSPS) is 15.1. The van der Waals surface area contributed by atoms with Crippen LogP contribution in [0.2, 0.25) is 0 Å². The molecule has 0 aliphatic heterocycles. The molecule has 0 amide bonds. The van der Waals surface area contributed by atoms with Gasteiger partial charge in [0.2, 0.25) is 0 Å². The van der Waals surface area contributed by atoms with Crippen molar-refractivity contribution in [3.05, 3.63) is 29.8 Å². The summed E-state index contributed by atoms with van der Waals surface area (Å²) in [5.74, 6) is 1.39. The van der Waals surface area contributed by atoms with E-state index in [2.05, 4.69) is 10.1 Å². The average molecular weight is 233 g/mol. The van der Waals surface area contributed by atoms with Gasteiger partial charge in [-0.3, -0.25) is 0 Å². The molecule has 1 aromatic heterocycles. The van der Waals surface area contributed by atoms with E-state index in [0.717, 1.165) is 6.42 Å². The third-order valence-electron chi connectivity index (χ3n) is 2.88. The van der Waals surface area contributed by atoms with Gasteiger partial charge in [0.15, 0.2) is 5.82 Å². The molecule has 1 aliphatic carbocycles.